The van der Waals surface area contributed by atoms with Crippen molar-refractivity contribution in [1.82, 2.24) is 9.88 Å². The van der Waals surface area contributed by atoms with Gasteiger partial charge in [0.2, 0.25) is 0 Å². The van der Waals surface area contributed by atoms with E-state index in [9.17, 15) is 0 Å². The minimum absolute atomic E-state index is 0.127. The molecule has 0 unspecified atom stereocenters. The minimum atomic E-state index is 0.127. The summed E-state index contributed by atoms with van der Waals surface area (Å²) in [6.45, 7) is 2.72. The molecule has 0 spiro atoms. The van der Waals surface area contributed by atoms with Gasteiger partial charge in [-0.15, -0.1) is 0 Å². The van der Waals surface area contributed by atoms with Gasteiger partial charge >= 0.3 is 0 Å². The van der Waals surface area contributed by atoms with Crippen molar-refractivity contribution < 1.29 is 4.74 Å². The first-order valence-corrected chi connectivity index (χ1v) is 5.46. The van der Waals surface area contributed by atoms with E-state index in [4.69, 9.17) is 4.74 Å². The molecule has 2 rings (SSSR count). The Labute approximate surface area is 92.2 Å². The monoisotopic (exact) mass is 256 g/mol. The zero-order valence-corrected chi connectivity index (χ0v) is 9.70. The van der Waals surface area contributed by atoms with Crippen molar-refractivity contribution in [3.8, 4) is 0 Å². The van der Waals surface area contributed by atoms with Gasteiger partial charge in [0.05, 0.1) is 12.3 Å². The summed E-state index contributed by atoms with van der Waals surface area (Å²) in [6, 6.07) is 4.01. The van der Waals surface area contributed by atoms with Gasteiger partial charge in [0.25, 0.3) is 0 Å². The Morgan fingerprint density at radius 3 is 3.07 bits per heavy atom. The van der Waals surface area contributed by atoms with E-state index in [-0.39, 0.29) is 6.10 Å². The molecule has 0 aromatic carbocycles. The van der Waals surface area contributed by atoms with Crippen LogP contribution in [0.15, 0.2) is 22.8 Å². The third-order valence-electron chi connectivity index (χ3n) is 2.35. The molecule has 0 aliphatic carbocycles. The number of morpholine rings is 1. The molecule has 1 aliphatic heterocycles. The molecule has 0 radical (unpaired) electrons. The van der Waals surface area contributed by atoms with Gasteiger partial charge in [-0.25, -0.2) is 0 Å². The molecule has 1 aliphatic rings. The van der Waals surface area contributed by atoms with Gasteiger partial charge in [-0.2, -0.15) is 0 Å². The third-order valence-corrected chi connectivity index (χ3v) is 2.82. The molecular formula is C10H13BrN2O. The van der Waals surface area contributed by atoms with Gasteiger partial charge in [0, 0.05) is 23.8 Å². The summed E-state index contributed by atoms with van der Waals surface area (Å²) in [7, 11) is 2.11. The van der Waals surface area contributed by atoms with E-state index in [0.717, 1.165) is 29.9 Å². The van der Waals surface area contributed by atoms with E-state index in [2.05, 4.69) is 32.9 Å². The number of hydrogen-bond donors (Lipinski definition) is 0. The summed E-state index contributed by atoms with van der Waals surface area (Å²) in [4.78, 5) is 6.60. The maximum atomic E-state index is 5.65. The molecular weight excluding hydrogens is 244 g/mol. The Bertz CT molecular complexity index is 301. The van der Waals surface area contributed by atoms with Crippen molar-refractivity contribution in [2.45, 2.75) is 6.10 Å². The highest BCUT2D eigenvalue weighted by Gasteiger charge is 2.20. The number of likely N-dealkylation sites (N-methyl/N-ethyl adjacent to an activating group) is 1. The number of rotatable bonds is 1. The third kappa shape index (κ3) is 2.32. The van der Waals surface area contributed by atoms with Crippen LogP contribution in [0.1, 0.15) is 11.8 Å². The predicted octanol–water partition coefficient (Wildman–Crippen LogP) is 1.85. The lowest BCUT2D eigenvalue weighted by atomic mass is 10.2. The Morgan fingerprint density at radius 1 is 1.57 bits per heavy atom. The van der Waals surface area contributed by atoms with Crippen LogP contribution in [0.2, 0.25) is 0 Å². The Morgan fingerprint density at radius 2 is 2.43 bits per heavy atom. The molecule has 14 heavy (non-hydrogen) atoms. The van der Waals surface area contributed by atoms with Crippen molar-refractivity contribution in [3.05, 3.63) is 28.5 Å². The SMILES string of the molecule is CN1CCO[C@@H](c2ccc(Br)cn2)C1. The number of nitrogens with zero attached hydrogens (tertiary/aromatic N) is 2. The molecule has 0 saturated carbocycles. The largest absolute Gasteiger partial charge is 0.369 e. The van der Waals surface area contributed by atoms with Crippen LogP contribution < -0.4 is 0 Å². The fourth-order valence-electron chi connectivity index (χ4n) is 1.53. The standard InChI is InChI=1S/C10H13BrN2O/c1-13-4-5-14-10(7-13)9-3-2-8(11)6-12-9/h2-3,6,10H,4-5,7H2,1H3/t10-/m1/s1. The van der Waals surface area contributed by atoms with Gasteiger partial charge in [-0.1, -0.05) is 0 Å². The zero-order chi connectivity index (χ0) is 9.97. The summed E-state index contributed by atoms with van der Waals surface area (Å²) in [5, 5.41) is 0. The van der Waals surface area contributed by atoms with Crippen LogP contribution in [0.5, 0.6) is 0 Å². The van der Waals surface area contributed by atoms with Crippen LogP contribution in [-0.2, 0) is 4.74 Å². The number of pyridine rings is 1. The van der Waals surface area contributed by atoms with Crippen molar-refractivity contribution in [3.63, 3.8) is 0 Å². The van der Waals surface area contributed by atoms with Crippen molar-refractivity contribution in [1.29, 1.82) is 0 Å². The minimum Gasteiger partial charge on any atom is -0.369 e. The summed E-state index contributed by atoms with van der Waals surface area (Å²) in [5.74, 6) is 0. The van der Waals surface area contributed by atoms with Crippen LogP contribution in [0.3, 0.4) is 0 Å². The van der Waals surface area contributed by atoms with Gasteiger partial charge < -0.3 is 9.64 Å². The summed E-state index contributed by atoms with van der Waals surface area (Å²) in [5.41, 5.74) is 1.01. The average molecular weight is 257 g/mol. The molecule has 1 saturated heterocycles. The quantitative estimate of drug-likeness (QED) is 0.767. The molecule has 0 bridgehead atoms. The van der Waals surface area contributed by atoms with Gasteiger partial charge in [-0.3, -0.25) is 4.98 Å². The predicted molar refractivity (Wildman–Crippen MR) is 58.1 cm³/mol. The Hall–Kier alpha value is -0.450. The highest BCUT2D eigenvalue weighted by molar-refractivity contribution is 9.10. The molecule has 4 heteroatoms. The lowest BCUT2D eigenvalue weighted by molar-refractivity contribution is -0.0231. The first-order valence-electron chi connectivity index (χ1n) is 4.67. The number of ether oxygens (including phenoxy) is 1. The summed E-state index contributed by atoms with van der Waals surface area (Å²) >= 11 is 3.37. The Balaban J connectivity index is 2.10. The first kappa shape index (κ1) is 10.1. The van der Waals surface area contributed by atoms with E-state index < -0.39 is 0 Å². The molecule has 0 amide bonds. The molecule has 0 N–H and O–H groups in total. The summed E-state index contributed by atoms with van der Waals surface area (Å²) in [6.07, 6.45) is 1.94. The van der Waals surface area contributed by atoms with Gasteiger partial charge in [0.1, 0.15) is 6.10 Å². The van der Waals surface area contributed by atoms with Crippen LogP contribution in [0.4, 0.5) is 0 Å². The Kier molecular flexibility index (Phi) is 3.15. The maximum absolute atomic E-state index is 5.65. The second-order valence-corrected chi connectivity index (χ2v) is 4.44. The smallest absolute Gasteiger partial charge is 0.112 e. The number of halogens is 1. The van der Waals surface area contributed by atoms with Gasteiger partial charge in [0.15, 0.2) is 0 Å². The molecule has 1 atom stereocenters. The summed E-state index contributed by atoms with van der Waals surface area (Å²) < 4.78 is 6.66. The average Bonchev–Trinajstić information content (AvgIpc) is 2.19. The molecule has 1 aromatic rings. The normalized spacial score (nSPS) is 23.7. The van der Waals surface area contributed by atoms with Crippen LogP contribution in [0, 0.1) is 0 Å². The van der Waals surface area contributed by atoms with Gasteiger partial charge in [-0.05, 0) is 35.1 Å². The molecule has 3 nitrogen and oxygen atoms in total. The molecule has 76 valence electrons. The van der Waals surface area contributed by atoms with E-state index in [0.29, 0.717) is 0 Å². The van der Waals surface area contributed by atoms with Crippen LogP contribution >= 0.6 is 15.9 Å². The van der Waals surface area contributed by atoms with Crippen LogP contribution in [-0.4, -0.2) is 36.6 Å². The fraction of sp³-hybridized carbons (Fsp3) is 0.500. The molecule has 1 fully saturated rings. The molecule has 2 heterocycles. The number of aromatic nitrogens is 1. The second kappa shape index (κ2) is 4.38. The van der Waals surface area contributed by atoms with Crippen molar-refractivity contribution in [2.24, 2.45) is 0 Å². The lowest BCUT2D eigenvalue weighted by Crippen LogP contribution is -2.35. The van der Waals surface area contributed by atoms with Crippen molar-refractivity contribution >= 4 is 15.9 Å². The van der Waals surface area contributed by atoms with E-state index >= 15 is 0 Å². The highest BCUT2D eigenvalue weighted by Crippen LogP contribution is 2.20. The molecule has 1 aromatic heterocycles. The lowest BCUT2D eigenvalue weighted by Gasteiger charge is -2.29. The van der Waals surface area contributed by atoms with Crippen LogP contribution in [0.25, 0.3) is 0 Å². The topological polar surface area (TPSA) is 25.4 Å². The maximum Gasteiger partial charge on any atom is 0.112 e. The van der Waals surface area contributed by atoms with E-state index in [1.807, 2.05) is 18.3 Å². The van der Waals surface area contributed by atoms with E-state index in [1.165, 1.54) is 0 Å². The first-order chi connectivity index (χ1) is 6.75. The fourth-order valence-corrected chi connectivity index (χ4v) is 1.77. The second-order valence-electron chi connectivity index (χ2n) is 3.52. The van der Waals surface area contributed by atoms with Crippen molar-refractivity contribution in [2.75, 3.05) is 26.7 Å². The number of hydrogen-bond acceptors (Lipinski definition) is 3. The highest BCUT2D eigenvalue weighted by atomic mass is 79.9. The van der Waals surface area contributed by atoms with E-state index in [1.54, 1.807) is 0 Å². The zero-order valence-electron chi connectivity index (χ0n) is 8.11.